The number of anilines is 1. The van der Waals surface area contributed by atoms with Gasteiger partial charge in [-0.15, -0.1) is 11.3 Å². The van der Waals surface area contributed by atoms with Gasteiger partial charge in [0.1, 0.15) is 10.7 Å². The van der Waals surface area contributed by atoms with Crippen molar-refractivity contribution in [1.29, 1.82) is 0 Å². The fourth-order valence-corrected chi connectivity index (χ4v) is 3.44. The standard InChI is InChI=1S/C20H17F3N2O3S/c1-11-7-16(27-2)17(28-3)9-14(11)24-18(26)15-10-29-19(25-15)12-5-4-6-13(8-12)20(21,22)23/h4-10H,1-3H3,(H,24,26). The summed E-state index contributed by atoms with van der Waals surface area (Å²) in [6.07, 6.45) is -4.45. The van der Waals surface area contributed by atoms with Crippen LogP contribution in [0.15, 0.2) is 41.8 Å². The molecule has 2 aromatic carbocycles. The van der Waals surface area contributed by atoms with Crippen molar-refractivity contribution in [2.24, 2.45) is 0 Å². The number of nitrogens with one attached hydrogen (secondary N) is 1. The minimum atomic E-state index is -4.45. The van der Waals surface area contributed by atoms with Crippen LogP contribution in [0, 0.1) is 6.92 Å². The van der Waals surface area contributed by atoms with Gasteiger partial charge in [-0.1, -0.05) is 12.1 Å². The van der Waals surface area contributed by atoms with Crippen molar-refractivity contribution in [2.45, 2.75) is 13.1 Å². The summed E-state index contributed by atoms with van der Waals surface area (Å²) in [5, 5.41) is 4.57. The molecule has 1 heterocycles. The number of aryl methyl sites for hydroxylation is 1. The van der Waals surface area contributed by atoms with Gasteiger partial charge in [0.2, 0.25) is 0 Å². The van der Waals surface area contributed by atoms with E-state index in [1.54, 1.807) is 19.1 Å². The highest BCUT2D eigenvalue weighted by Crippen LogP contribution is 2.34. The molecule has 1 N–H and O–H groups in total. The first kappa shape index (κ1) is 20.7. The van der Waals surface area contributed by atoms with Gasteiger partial charge in [-0.3, -0.25) is 4.79 Å². The summed E-state index contributed by atoms with van der Waals surface area (Å²) in [5.41, 5.74) is 0.908. The van der Waals surface area contributed by atoms with E-state index in [2.05, 4.69) is 10.3 Å². The van der Waals surface area contributed by atoms with Crippen LogP contribution in [0.25, 0.3) is 10.6 Å². The second-order valence-electron chi connectivity index (χ2n) is 6.09. The molecule has 3 rings (SSSR count). The van der Waals surface area contributed by atoms with E-state index in [-0.39, 0.29) is 5.69 Å². The van der Waals surface area contributed by atoms with Crippen LogP contribution in [0.2, 0.25) is 0 Å². The molecule has 0 aliphatic carbocycles. The van der Waals surface area contributed by atoms with E-state index in [0.717, 1.165) is 29.0 Å². The molecule has 29 heavy (non-hydrogen) atoms. The van der Waals surface area contributed by atoms with Gasteiger partial charge in [0.15, 0.2) is 11.5 Å². The molecular weight excluding hydrogens is 405 g/mol. The van der Waals surface area contributed by atoms with Gasteiger partial charge in [-0.25, -0.2) is 4.98 Å². The Balaban J connectivity index is 1.84. The summed E-state index contributed by atoms with van der Waals surface area (Å²) >= 11 is 1.09. The number of carbonyl (C=O) groups is 1. The van der Waals surface area contributed by atoms with Crippen molar-refractivity contribution in [3.8, 4) is 22.1 Å². The highest BCUT2D eigenvalue weighted by Gasteiger charge is 2.30. The molecule has 0 radical (unpaired) electrons. The number of methoxy groups -OCH3 is 2. The SMILES string of the molecule is COc1cc(C)c(NC(=O)c2csc(-c3cccc(C(F)(F)F)c3)n2)cc1OC. The maximum atomic E-state index is 12.9. The Morgan fingerprint density at radius 2 is 1.79 bits per heavy atom. The molecule has 0 unspecified atom stereocenters. The number of alkyl halides is 3. The van der Waals surface area contributed by atoms with Crippen molar-refractivity contribution >= 4 is 22.9 Å². The van der Waals surface area contributed by atoms with Crippen LogP contribution >= 0.6 is 11.3 Å². The highest BCUT2D eigenvalue weighted by molar-refractivity contribution is 7.13. The molecule has 5 nitrogen and oxygen atoms in total. The zero-order valence-corrected chi connectivity index (χ0v) is 16.6. The van der Waals surface area contributed by atoms with Gasteiger partial charge in [0, 0.05) is 22.7 Å². The summed E-state index contributed by atoms with van der Waals surface area (Å²) in [5.74, 6) is 0.509. The van der Waals surface area contributed by atoms with Crippen molar-refractivity contribution in [3.05, 3.63) is 58.6 Å². The maximum Gasteiger partial charge on any atom is 0.416 e. The lowest BCUT2D eigenvalue weighted by atomic mass is 10.1. The van der Waals surface area contributed by atoms with Gasteiger partial charge in [-0.2, -0.15) is 13.2 Å². The quantitative estimate of drug-likeness (QED) is 0.598. The maximum absolute atomic E-state index is 12.9. The van der Waals surface area contributed by atoms with Crippen molar-refractivity contribution in [1.82, 2.24) is 4.98 Å². The summed E-state index contributed by atoms with van der Waals surface area (Å²) < 4.78 is 49.2. The Morgan fingerprint density at radius 3 is 2.45 bits per heavy atom. The molecule has 0 saturated heterocycles. The van der Waals surface area contributed by atoms with Crippen LogP contribution < -0.4 is 14.8 Å². The van der Waals surface area contributed by atoms with E-state index in [1.165, 1.54) is 31.7 Å². The van der Waals surface area contributed by atoms with Crippen LogP contribution in [0.3, 0.4) is 0 Å². The van der Waals surface area contributed by atoms with Crippen molar-refractivity contribution in [2.75, 3.05) is 19.5 Å². The number of rotatable bonds is 5. The zero-order valence-electron chi connectivity index (χ0n) is 15.8. The molecule has 0 atom stereocenters. The van der Waals surface area contributed by atoms with E-state index in [1.807, 2.05) is 0 Å². The topological polar surface area (TPSA) is 60.5 Å². The average Bonchev–Trinajstić information content (AvgIpc) is 3.19. The molecule has 0 saturated carbocycles. The van der Waals surface area contributed by atoms with Gasteiger partial charge in [-0.05, 0) is 30.7 Å². The number of aromatic nitrogens is 1. The van der Waals surface area contributed by atoms with Crippen LogP contribution in [0.1, 0.15) is 21.6 Å². The Kier molecular flexibility index (Phi) is 5.78. The molecule has 0 fully saturated rings. The first-order valence-corrected chi connectivity index (χ1v) is 9.28. The third kappa shape index (κ3) is 4.51. The predicted molar refractivity (Wildman–Crippen MR) is 105 cm³/mol. The number of hydrogen-bond donors (Lipinski definition) is 1. The van der Waals surface area contributed by atoms with E-state index in [4.69, 9.17) is 9.47 Å². The third-order valence-electron chi connectivity index (χ3n) is 4.15. The van der Waals surface area contributed by atoms with E-state index >= 15 is 0 Å². The van der Waals surface area contributed by atoms with E-state index in [0.29, 0.717) is 27.8 Å². The number of hydrogen-bond acceptors (Lipinski definition) is 5. The van der Waals surface area contributed by atoms with E-state index in [9.17, 15) is 18.0 Å². The van der Waals surface area contributed by atoms with Gasteiger partial charge < -0.3 is 14.8 Å². The fraction of sp³-hybridized carbons (Fsp3) is 0.200. The Labute approximate surface area is 169 Å². The van der Waals surface area contributed by atoms with Crippen LogP contribution in [-0.4, -0.2) is 25.1 Å². The molecule has 0 bridgehead atoms. The molecule has 152 valence electrons. The number of amides is 1. The van der Waals surface area contributed by atoms with Gasteiger partial charge >= 0.3 is 6.18 Å². The molecule has 0 aliphatic rings. The van der Waals surface area contributed by atoms with Gasteiger partial charge in [0.05, 0.1) is 19.8 Å². The summed E-state index contributed by atoms with van der Waals surface area (Å²) in [6, 6.07) is 8.19. The number of thiazole rings is 1. The zero-order chi connectivity index (χ0) is 21.2. The molecule has 3 aromatic rings. The minimum absolute atomic E-state index is 0.108. The number of nitrogens with zero attached hydrogens (tertiary/aromatic N) is 1. The summed E-state index contributed by atoms with van der Waals surface area (Å²) in [4.78, 5) is 16.8. The van der Waals surface area contributed by atoms with Crippen molar-refractivity contribution in [3.63, 3.8) is 0 Å². The minimum Gasteiger partial charge on any atom is -0.493 e. The van der Waals surface area contributed by atoms with Gasteiger partial charge in [0.25, 0.3) is 5.91 Å². The van der Waals surface area contributed by atoms with Crippen LogP contribution in [-0.2, 0) is 6.18 Å². The Morgan fingerprint density at radius 1 is 1.10 bits per heavy atom. The molecule has 1 aromatic heterocycles. The smallest absolute Gasteiger partial charge is 0.416 e. The average molecular weight is 422 g/mol. The van der Waals surface area contributed by atoms with Crippen molar-refractivity contribution < 1.29 is 27.4 Å². The number of benzene rings is 2. The number of halogens is 3. The fourth-order valence-electron chi connectivity index (χ4n) is 2.64. The van der Waals surface area contributed by atoms with Crippen LogP contribution in [0.4, 0.5) is 18.9 Å². The summed E-state index contributed by atoms with van der Waals surface area (Å²) in [7, 11) is 3.00. The number of ether oxygens (including phenoxy) is 2. The monoisotopic (exact) mass is 422 g/mol. The van der Waals surface area contributed by atoms with Crippen LogP contribution in [0.5, 0.6) is 11.5 Å². The molecule has 0 aliphatic heterocycles. The lowest BCUT2D eigenvalue weighted by molar-refractivity contribution is -0.137. The third-order valence-corrected chi connectivity index (χ3v) is 5.04. The molecule has 0 spiro atoms. The molecule has 1 amide bonds. The number of carbonyl (C=O) groups excluding carboxylic acids is 1. The predicted octanol–water partition coefficient (Wildman–Crippen LogP) is 5.41. The first-order chi connectivity index (χ1) is 13.7. The second kappa shape index (κ2) is 8.12. The Bertz CT molecular complexity index is 1050. The second-order valence-corrected chi connectivity index (χ2v) is 6.95. The Hall–Kier alpha value is -3.07. The van der Waals surface area contributed by atoms with E-state index < -0.39 is 17.6 Å². The molecular formula is C20H17F3N2O3S. The summed E-state index contributed by atoms with van der Waals surface area (Å²) in [6.45, 7) is 1.80. The largest absolute Gasteiger partial charge is 0.493 e. The highest BCUT2D eigenvalue weighted by atomic mass is 32.1. The lowest BCUT2D eigenvalue weighted by Crippen LogP contribution is -2.13. The molecule has 9 heteroatoms. The lowest BCUT2D eigenvalue weighted by Gasteiger charge is -2.13. The normalized spacial score (nSPS) is 11.2. The first-order valence-electron chi connectivity index (χ1n) is 8.40.